The molecule has 0 aromatic rings. The van der Waals surface area contributed by atoms with Crippen LogP contribution in [0.1, 0.15) is 19.8 Å². The monoisotopic (exact) mass is 288 g/mol. The second-order valence-corrected chi connectivity index (χ2v) is 12.6. The third-order valence-corrected chi connectivity index (χ3v) is 4.38. The lowest BCUT2D eigenvalue weighted by Crippen LogP contribution is -2.14. The first-order valence-corrected chi connectivity index (χ1v) is 9.95. The van der Waals surface area contributed by atoms with E-state index in [1.807, 2.05) is 6.92 Å². The van der Waals surface area contributed by atoms with E-state index in [-0.39, 0.29) is 0 Å². The summed E-state index contributed by atoms with van der Waals surface area (Å²) in [5.41, 5.74) is 0. The number of ether oxygens (including phenoxy) is 1. The zero-order valence-electron chi connectivity index (χ0n) is 8.64. The van der Waals surface area contributed by atoms with Gasteiger partial charge in [0.25, 0.3) is 0 Å². The lowest BCUT2D eigenvalue weighted by atomic mass is 10.1. The largest absolute Gasteiger partial charge is 0.463 e. The number of esters is 1. The fourth-order valence-electron chi connectivity index (χ4n) is 1.16. The predicted molar refractivity (Wildman–Crippen MR) is 67.7 cm³/mol. The molecule has 0 amide bonds. The molecule has 0 radical (unpaired) electrons. The Balaban J connectivity index is 3.51. The summed E-state index contributed by atoms with van der Waals surface area (Å²) in [4.78, 5) is 10.7. The van der Waals surface area contributed by atoms with E-state index in [1.54, 1.807) is 0 Å². The van der Waals surface area contributed by atoms with E-state index >= 15 is 0 Å². The number of hydrogen-bond donors (Lipinski definition) is 0. The summed E-state index contributed by atoms with van der Waals surface area (Å²) in [6.45, 7) is 5.73. The molecule has 0 fully saturated rings. The Morgan fingerprint density at radius 3 is 2.60 bits per heavy atom. The molecule has 2 nitrogen and oxygen atoms in total. The summed E-state index contributed by atoms with van der Waals surface area (Å²) in [6.07, 6.45) is 2.83. The van der Waals surface area contributed by atoms with Gasteiger partial charge in [0.15, 0.2) is 0 Å². The normalized spacial score (nSPS) is 13.3. The van der Waals surface area contributed by atoms with Crippen molar-refractivity contribution in [2.45, 2.75) is 25.8 Å². The maximum absolute atomic E-state index is 10.7. The molecule has 6 heteroatoms. The summed E-state index contributed by atoms with van der Waals surface area (Å²) < 4.78 is 4.83. The Morgan fingerprint density at radius 2 is 2.13 bits per heavy atom. The van der Waals surface area contributed by atoms with Crippen molar-refractivity contribution in [2.75, 3.05) is 6.61 Å². The van der Waals surface area contributed by atoms with Crippen molar-refractivity contribution in [1.82, 2.24) is 0 Å². The quantitative estimate of drug-likeness (QED) is 0.234. The molecular formula is C9H15Cl3O2Si. The van der Waals surface area contributed by atoms with E-state index in [0.29, 0.717) is 18.6 Å². The van der Waals surface area contributed by atoms with E-state index in [2.05, 4.69) is 6.58 Å². The fourth-order valence-corrected chi connectivity index (χ4v) is 4.53. The molecule has 0 heterocycles. The highest BCUT2D eigenvalue weighted by Gasteiger charge is 2.27. The van der Waals surface area contributed by atoms with Gasteiger partial charge in [-0.25, -0.2) is 4.79 Å². The van der Waals surface area contributed by atoms with Gasteiger partial charge < -0.3 is 4.74 Å². The van der Waals surface area contributed by atoms with Gasteiger partial charge in [0.1, 0.15) is 0 Å². The van der Waals surface area contributed by atoms with Crippen LogP contribution in [0.4, 0.5) is 0 Å². The highest BCUT2D eigenvalue weighted by Crippen LogP contribution is 2.30. The lowest BCUT2D eigenvalue weighted by molar-refractivity contribution is -0.137. The molecule has 88 valence electrons. The summed E-state index contributed by atoms with van der Waals surface area (Å²) in [5, 5.41) is 0. The average molecular weight is 290 g/mol. The van der Waals surface area contributed by atoms with E-state index in [1.165, 1.54) is 0 Å². The second-order valence-electron chi connectivity index (χ2n) is 3.44. The number of rotatable bonds is 7. The molecule has 0 saturated carbocycles. The van der Waals surface area contributed by atoms with Gasteiger partial charge in [0.05, 0.1) is 6.61 Å². The maximum Gasteiger partial charge on any atom is 0.341 e. The SMILES string of the molecule is C=CC(=O)OCCCC(C)C[Si](Cl)(Cl)Cl. The number of carbonyl (C=O) groups is 1. The lowest BCUT2D eigenvalue weighted by Gasteiger charge is -2.14. The maximum atomic E-state index is 10.7. The summed E-state index contributed by atoms with van der Waals surface area (Å²) in [6, 6.07) is -1.87. The van der Waals surface area contributed by atoms with Gasteiger partial charge in [0.2, 0.25) is 0 Å². The molecule has 0 aromatic heterocycles. The number of halogens is 3. The van der Waals surface area contributed by atoms with Gasteiger partial charge >= 0.3 is 12.0 Å². The predicted octanol–water partition coefficient (Wildman–Crippen LogP) is 3.79. The summed E-state index contributed by atoms with van der Waals surface area (Å²) in [7, 11) is 0. The van der Waals surface area contributed by atoms with Crippen molar-refractivity contribution in [1.29, 1.82) is 0 Å². The molecule has 0 saturated heterocycles. The molecular weight excluding hydrogens is 275 g/mol. The number of hydrogen-bond acceptors (Lipinski definition) is 2. The van der Waals surface area contributed by atoms with Crippen molar-refractivity contribution >= 4 is 45.2 Å². The van der Waals surface area contributed by atoms with Gasteiger partial charge in [-0.1, -0.05) is 13.5 Å². The smallest absolute Gasteiger partial charge is 0.341 e. The van der Waals surface area contributed by atoms with Crippen molar-refractivity contribution < 1.29 is 9.53 Å². The molecule has 1 atom stereocenters. The molecule has 0 aliphatic carbocycles. The van der Waals surface area contributed by atoms with Crippen molar-refractivity contribution in [2.24, 2.45) is 5.92 Å². The number of carbonyl (C=O) groups excluding carboxylic acids is 1. The van der Waals surface area contributed by atoms with E-state index in [4.69, 9.17) is 38.0 Å². The zero-order valence-corrected chi connectivity index (χ0v) is 11.9. The van der Waals surface area contributed by atoms with Crippen LogP contribution in [0.5, 0.6) is 0 Å². The van der Waals surface area contributed by atoms with Crippen LogP contribution in [0.15, 0.2) is 12.7 Å². The van der Waals surface area contributed by atoms with Crippen LogP contribution in [-0.4, -0.2) is 18.6 Å². The first kappa shape index (κ1) is 15.3. The molecule has 0 aromatic carbocycles. The van der Waals surface area contributed by atoms with Crippen LogP contribution < -0.4 is 0 Å². The summed E-state index contributed by atoms with van der Waals surface area (Å²) in [5.74, 6) is -0.0370. The van der Waals surface area contributed by atoms with Crippen LogP contribution in [0.25, 0.3) is 0 Å². The third kappa shape index (κ3) is 10.6. The average Bonchev–Trinajstić information content (AvgIpc) is 2.09. The Labute approximate surface area is 106 Å². The standard InChI is InChI=1S/C9H15Cl3O2Si/c1-3-9(13)14-6-4-5-8(2)7-15(10,11)12/h3,8H,1,4-7H2,2H3. The summed E-state index contributed by atoms with van der Waals surface area (Å²) >= 11 is 17.4. The highest BCUT2D eigenvalue weighted by atomic mass is 35.8. The second kappa shape index (κ2) is 7.55. The van der Waals surface area contributed by atoms with Crippen molar-refractivity contribution in [3.63, 3.8) is 0 Å². The molecule has 0 aliphatic heterocycles. The molecule has 0 aliphatic rings. The topological polar surface area (TPSA) is 26.3 Å². The molecule has 0 N–H and O–H groups in total. The van der Waals surface area contributed by atoms with E-state index < -0.39 is 12.0 Å². The van der Waals surface area contributed by atoms with Gasteiger partial charge in [-0.15, -0.1) is 33.2 Å². The van der Waals surface area contributed by atoms with Crippen LogP contribution in [0, 0.1) is 5.92 Å². The highest BCUT2D eigenvalue weighted by molar-refractivity contribution is 7.64. The van der Waals surface area contributed by atoms with Crippen LogP contribution in [-0.2, 0) is 9.53 Å². The Morgan fingerprint density at radius 1 is 1.53 bits per heavy atom. The fraction of sp³-hybridized carbons (Fsp3) is 0.667. The van der Waals surface area contributed by atoms with E-state index in [0.717, 1.165) is 18.9 Å². The Bertz CT molecular complexity index is 216. The van der Waals surface area contributed by atoms with Gasteiger partial charge in [0, 0.05) is 6.08 Å². The first-order valence-electron chi connectivity index (χ1n) is 4.71. The van der Waals surface area contributed by atoms with Crippen LogP contribution in [0.3, 0.4) is 0 Å². The molecule has 0 bridgehead atoms. The minimum Gasteiger partial charge on any atom is -0.463 e. The molecule has 0 rings (SSSR count). The van der Waals surface area contributed by atoms with Gasteiger partial charge in [-0.3, -0.25) is 0 Å². The minimum atomic E-state index is -2.52. The molecule has 1 unspecified atom stereocenters. The van der Waals surface area contributed by atoms with Crippen molar-refractivity contribution in [3.8, 4) is 0 Å². The Hall–Kier alpha value is 0.297. The minimum absolute atomic E-state index is 0.353. The zero-order chi connectivity index (χ0) is 11.9. The first-order chi connectivity index (χ1) is 6.85. The van der Waals surface area contributed by atoms with Gasteiger partial charge in [-0.05, 0) is 24.8 Å². The van der Waals surface area contributed by atoms with E-state index in [9.17, 15) is 4.79 Å². The van der Waals surface area contributed by atoms with Gasteiger partial charge in [-0.2, -0.15) is 0 Å². The van der Waals surface area contributed by atoms with Crippen LogP contribution >= 0.6 is 33.2 Å². The molecule has 0 spiro atoms. The van der Waals surface area contributed by atoms with Crippen LogP contribution in [0.2, 0.25) is 6.04 Å². The Kier molecular flexibility index (Phi) is 7.70. The van der Waals surface area contributed by atoms with Crippen molar-refractivity contribution in [3.05, 3.63) is 12.7 Å². The molecule has 15 heavy (non-hydrogen) atoms. The third-order valence-electron chi connectivity index (χ3n) is 1.83.